The molecule has 0 amide bonds. The Hall–Kier alpha value is -0.180. The van der Waals surface area contributed by atoms with Gasteiger partial charge in [-0.1, -0.05) is 84.0 Å². The first-order chi connectivity index (χ1) is 10.7. The Kier molecular flexibility index (Phi) is 17.0. The van der Waals surface area contributed by atoms with Crippen molar-refractivity contribution in [3.05, 3.63) is 0 Å². The van der Waals surface area contributed by atoms with E-state index in [9.17, 15) is 9.90 Å². The smallest absolute Gasteiger partial charge is 0.147 e. The molecule has 1 unspecified atom stereocenters. The highest BCUT2D eigenvalue weighted by molar-refractivity contribution is 7.96. The summed E-state index contributed by atoms with van der Waals surface area (Å²) in [4.78, 5) is 10.5. The number of carbonyl (C=O) groups is 1. The van der Waals surface area contributed by atoms with Crippen LogP contribution in [0.3, 0.4) is 0 Å². The predicted octanol–water partition coefficient (Wildman–Crippen LogP) is 4.47. The fourth-order valence-corrected chi connectivity index (χ4v) is 4.06. The first-order valence-corrected chi connectivity index (χ1v) is 11.4. The lowest BCUT2D eigenvalue weighted by atomic mass is 10.0. The van der Waals surface area contributed by atoms with Crippen LogP contribution in [0, 0.1) is 0 Å². The molecule has 0 heterocycles. The maximum atomic E-state index is 10.5. The molecule has 0 aliphatic heterocycles. The van der Waals surface area contributed by atoms with E-state index < -0.39 is 5.97 Å². The summed E-state index contributed by atoms with van der Waals surface area (Å²) in [5.74, 6) is 0.418. The van der Waals surface area contributed by atoms with Crippen LogP contribution < -0.4 is 5.11 Å². The Bertz CT molecular complexity index is 244. The van der Waals surface area contributed by atoms with E-state index >= 15 is 0 Å². The molecule has 0 spiro atoms. The molecule has 0 aromatic rings. The number of aliphatic carboxylic acids is 1. The normalized spacial score (nSPS) is 12.5. The molecule has 132 valence electrons. The fourth-order valence-electron chi connectivity index (χ4n) is 2.82. The quantitative estimate of drug-likeness (QED) is 0.292. The largest absolute Gasteiger partial charge is 0.545 e. The summed E-state index contributed by atoms with van der Waals surface area (Å²) < 4.78 is 0. The molecule has 1 atom stereocenters. The number of unbranched alkanes of at least 4 members (excludes halogenated alkanes) is 13. The Morgan fingerprint density at radius 2 is 1.09 bits per heavy atom. The van der Waals surface area contributed by atoms with Crippen LogP contribution in [-0.2, 0) is 15.7 Å². The molecule has 0 fully saturated rings. The van der Waals surface area contributed by atoms with Gasteiger partial charge in [-0.15, -0.1) is 0 Å². The van der Waals surface area contributed by atoms with E-state index in [1.54, 1.807) is 0 Å². The molecule has 22 heavy (non-hydrogen) atoms. The van der Waals surface area contributed by atoms with Crippen molar-refractivity contribution >= 4 is 16.9 Å². The number of carboxylic acid groups (broad SMARTS) is 1. The molecular formula is C19H38O2S. The molecule has 3 heteroatoms. The van der Waals surface area contributed by atoms with Gasteiger partial charge >= 0.3 is 0 Å². The summed E-state index contributed by atoms with van der Waals surface area (Å²) in [6.07, 6.45) is 21.3. The second kappa shape index (κ2) is 17.2. The average molecular weight is 331 g/mol. The highest BCUT2D eigenvalue weighted by Crippen LogP contribution is 2.13. The van der Waals surface area contributed by atoms with Gasteiger partial charge in [-0.3, -0.25) is 0 Å². The van der Waals surface area contributed by atoms with Crippen LogP contribution in [0.2, 0.25) is 0 Å². The second-order valence-corrected chi connectivity index (χ2v) is 8.86. The minimum absolute atomic E-state index is 0.0217. The third-order valence-corrected chi connectivity index (χ3v) is 5.92. The average Bonchev–Trinajstić information content (AvgIpc) is 2.47. The molecule has 0 aliphatic carbocycles. The highest BCUT2D eigenvalue weighted by Gasteiger charge is 2.09. The van der Waals surface area contributed by atoms with Crippen LogP contribution in [-0.4, -0.2) is 23.7 Å². The third-order valence-electron chi connectivity index (χ3n) is 4.21. The molecule has 0 N–H and O–H groups in total. The maximum absolute atomic E-state index is 10.5. The van der Waals surface area contributed by atoms with Crippen molar-refractivity contribution in [1.29, 1.82) is 0 Å². The van der Waals surface area contributed by atoms with Crippen LogP contribution in [0.4, 0.5) is 0 Å². The molecule has 2 nitrogen and oxygen atoms in total. The summed E-state index contributed by atoms with van der Waals surface area (Å²) in [7, 11) is 0.0217. The van der Waals surface area contributed by atoms with Gasteiger partial charge in [0.25, 0.3) is 0 Å². The first kappa shape index (κ1) is 21.8. The van der Waals surface area contributed by atoms with Crippen LogP contribution in [0.1, 0.15) is 96.8 Å². The Morgan fingerprint density at radius 1 is 0.727 bits per heavy atom. The molecule has 0 saturated carbocycles. The molecule has 0 aliphatic rings. The lowest BCUT2D eigenvalue weighted by Crippen LogP contribution is -2.31. The summed E-state index contributed by atoms with van der Waals surface area (Å²) in [6.45, 7) is 2.27. The van der Waals surface area contributed by atoms with Gasteiger partial charge in [0.05, 0.1) is 12.2 Å². The molecule has 0 aromatic carbocycles. The third kappa shape index (κ3) is 17.9. The zero-order valence-corrected chi connectivity index (χ0v) is 15.9. The van der Waals surface area contributed by atoms with Crippen LogP contribution in [0.25, 0.3) is 0 Å². The number of hydrogen-bond acceptors (Lipinski definition) is 2. The summed E-state index contributed by atoms with van der Waals surface area (Å²) in [6, 6.07) is 0. The van der Waals surface area contributed by atoms with Gasteiger partial charge in [0, 0.05) is 0 Å². The van der Waals surface area contributed by atoms with E-state index in [1.165, 1.54) is 89.9 Å². The topological polar surface area (TPSA) is 40.1 Å². The molecule has 0 aromatic heterocycles. The van der Waals surface area contributed by atoms with E-state index in [0.29, 0.717) is 0 Å². The minimum Gasteiger partial charge on any atom is -0.545 e. The van der Waals surface area contributed by atoms with E-state index in [2.05, 4.69) is 6.92 Å². The standard InChI is InChI=1S/C19H38O2S/c1-3-4-5-6-7-8-9-10-11-12-13-14-15-16-17-22(2)18-19(20)21/h3-18H2,1-2H3. The van der Waals surface area contributed by atoms with Crippen molar-refractivity contribution in [1.82, 2.24) is 0 Å². The Labute approximate surface area is 141 Å². The number of carbonyl (C=O) groups excluding carboxylic acids is 1. The monoisotopic (exact) mass is 330 g/mol. The summed E-state index contributed by atoms with van der Waals surface area (Å²) in [5.41, 5.74) is 0. The van der Waals surface area contributed by atoms with Gasteiger partial charge in [0.1, 0.15) is 11.5 Å². The predicted molar refractivity (Wildman–Crippen MR) is 98.3 cm³/mol. The SMILES string of the molecule is CCCCCCCCCCCCCCCC[S+](C)CC(=O)[O-]. The second-order valence-electron chi connectivity index (χ2n) is 6.60. The molecule has 0 bridgehead atoms. The Morgan fingerprint density at radius 3 is 1.45 bits per heavy atom. The van der Waals surface area contributed by atoms with Crippen molar-refractivity contribution < 1.29 is 9.90 Å². The molecule has 0 rings (SSSR count). The van der Waals surface area contributed by atoms with E-state index in [0.717, 1.165) is 5.75 Å². The van der Waals surface area contributed by atoms with Crippen molar-refractivity contribution in [2.75, 3.05) is 17.8 Å². The maximum Gasteiger partial charge on any atom is 0.147 e. The van der Waals surface area contributed by atoms with Crippen molar-refractivity contribution in [2.45, 2.75) is 96.8 Å². The lowest BCUT2D eigenvalue weighted by Gasteiger charge is -2.05. The minimum atomic E-state index is -0.892. The zero-order valence-electron chi connectivity index (χ0n) is 15.0. The molecule has 0 saturated heterocycles. The zero-order chi connectivity index (χ0) is 16.5. The lowest BCUT2D eigenvalue weighted by molar-refractivity contribution is -0.301. The first-order valence-electron chi connectivity index (χ1n) is 9.45. The van der Waals surface area contributed by atoms with Gasteiger partial charge in [0.15, 0.2) is 0 Å². The Balaban J connectivity index is 3.07. The van der Waals surface area contributed by atoms with Gasteiger partial charge in [-0.25, -0.2) is 0 Å². The van der Waals surface area contributed by atoms with Crippen molar-refractivity contribution in [2.24, 2.45) is 0 Å². The number of rotatable bonds is 17. The van der Waals surface area contributed by atoms with Crippen molar-refractivity contribution in [3.63, 3.8) is 0 Å². The van der Waals surface area contributed by atoms with E-state index in [-0.39, 0.29) is 16.6 Å². The summed E-state index contributed by atoms with van der Waals surface area (Å²) in [5, 5.41) is 10.5. The van der Waals surface area contributed by atoms with Crippen LogP contribution >= 0.6 is 0 Å². The van der Waals surface area contributed by atoms with Gasteiger partial charge in [0.2, 0.25) is 0 Å². The van der Waals surface area contributed by atoms with Crippen molar-refractivity contribution in [3.8, 4) is 0 Å². The number of hydrogen-bond donors (Lipinski definition) is 0. The van der Waals surface area contributed by atoms with Gasteiger partial charge in [-0.2, -0.15) is 0 Å². The molecular weight excluding hydrogens is 292 g/mol. The van der Waals surface area contributed by atoms with Crippen LogP contribution in [0.15, 0.2) is 0 Å². The van der Waals surface area contributed by atoms with Gasteiger partial charge in [-0.05, 0) is 23.7 Å². The number of carboxylic acids is 1. The van der Waals surface area contributed by atoms with Crippen LogP contribution in [0.5, 0.6) is 0 Å². The highest BCUT2D eigenvalue weighted by atomic mass is 32.2. The van der Waals surface area contributed by atoms with Gasteiger partial charge < -0.3 is 9.90 Å². The summed E-state index contributed by atoms with van der Waals surface area (Å²) >= 11 is 0. The fraction of sp³-hybridized carbons (Fsp3) is 0.947. The van der Waals surface area contributed by atoms with E-state index in [1.807, 2.05) is 6.26 Å². The van der Waals surface area contributed by atoms with E-state index in [4.69, 9.17) is 0 Å². The molecule has 0 radical (unpaired) electrons.